The largest absolute Gasteiger partial charge is 0.438 e. The monoisotopic (exact) mass is 335 g/mol. The second-order valence-electron chi connectivity index (χ2n) is 4.67. The number of anilines is 1. The summed E-state index contributed by atoms with van der Waals surface area (Å²) in [5.41, 5.74) is 0. The first kappa shape index (κ1) is 14.8. The Morgan fingerprint density at radius 1 is 1.25 bits per heavy atom. The highest BCUT2D eigenvalue weighted by molar-refractivity contribution is 9.10. The summed E-state index contributed by atoms with van der Waals surface area (Å²) >= 11 is 3.47. The number of rotatable bonds is 5. The predicted octanol–water partition coefficient (Wildman–Crippen LogP) is 4.59. The third-order valence-electron chi connectivity index (χ3n) is 2.65. The van der Waals surface area contributed by atoms with Crippen molar-refractivity contribution in [2.45, 2.75) is 26.7 Å². The van der Waals surface area contributed by atoms with Crippen molar-refractivity contribution in [3.63, 3.8) is 0 Å². The molecule has 0 saturated heterocycles. The normalized spacial score (nSPS) is 10.7. The van der Waals surface area contributed by atoms with Crippen LogP contribution in [0.2, 0.25) is 0 Å². The van der Waals surface area contributed by atoms with Gasteiger partial charge in [0.2, 0.25) is 5.88 Å². The van der Waals surface area contributed by atoms with Gasteiger partial charge in [-0.05, 0) is 35.0 Å². The Morgan fingerprint density at radius 3 is 2.65 bits per heavy atom. The summed E-state index contributed by atoms with van der Waals surface area (Å²) in [6, 6.07) is 9.52. The van der Waals surface area contributed by atoms with Crippen LogP contribution in [0.5, 0.6) is 11.6 Å². The fraction of sp³-hybridized carbons (Fsp3) is 0.333. The Hall–Kier alpha value is -1.62. The van der Waals surface area contributed by atoms with E-state index in [1.54, 1.807) is 0 Å². The first-order valence-corrected chi connectivity index (χ1v) is 7.44. The zero-order valence-electron chi connectivity index (χ0n) is 11.9. The summed E-state index contributed by atoms with van der Waals surface area (Å²) in [4.78, 5) is 8.93. The van der Waals surface area contributed by atoms with Gasteiger partial charge in [0.25, 0.3) is 0 Å². The molecule has 5 heteroatoms. The standard InChI is InChI=1S/C15H18BrN3O/c1-4-17-13-9-14(19-15(18-13)10(2)3)20-12-8-6-5-7-11(12)16/h5-10H,4H2,1-3H3,(H,17,18,19). The van der Waals surface area contributed by atoms with E-state index in [4.69, 9.17) is 4.74 Å². The highest BCUT2D eigenvalue weighted by Gasteiger charge is 2.10. The first-order chi connectivity index (χ1) is 9.60. The van der Waals surface area contributed by atoms with E-state index >= 15 is 0 Å². The quantitative estimate of drug-likeness (QED) is 0.868. The minimum absolute atomic E-state index is 0.246. The Balaban J connectivity index is 2.33. The summed E-state index contributed by atoms with van der Waals surface area (Å²) in [5.74, 6) is 3.09. The van der Waals surface area contributed by atoms with Gasteiger partial charge < -0.3 is 10.1 Å². The van der Waals surface area contributed by atoms with Crippen LogP contribution in [0.1, 0.15) is 32.5 Å². The highest BCUT2D eigenvalue weighted by Crippen LogP contribution is 2.29. The Morgan fingerprint density at radius 2 is 2.00 bits per heavy atom. The predicted molar refractivity (Wildman–Crippen MR) is 84.5 cm³/mol. The maximum absolute atomic E-state index is 5.85. The smallest absolute Gasteiger partial charge is 0.224 e. The van der Waals surface area contributed by atoms with Crippen LogP contribution in [0.15, 0.2) is 34.8 Å². The summed E-state index contributed by atoms with van der Waals surface area (Å²) in [6.07, 6.45) is 0. The lowest BCUT2D eigenvalue weighted by Crippen LogP contribution is -2.05. The molecule has 0 atom stereocenters. The zero-order valence-corrected chi connectivity index (χ0v) is 13.4. The number of ether oxygens (including phenoxy) is 1. The van der Waals surface area contributed by atoms with E-state index in [0.717, 1.165) is 28.4 Å². The van der Waals surface area contributed by atoms with Crippen LogP contribution in [0.4, 0.5) is 5.82 Å². The molecule has 0 spiro atoms. The molecule has 20 heavy (non-hydrogen) atoms. The fourth-order valence-electron chi connectivity index (χ4n) is 1.67. The summed E-state index contributed by atoms with van der Waals surface area (Å²) in [7, 11) is 0. The fourth-order valence-corrected chi connectivity index (χ4v) is 2.03. The first-order valence-electron chi connectivity index (χ1n) is 6.65. The molecule has 0 saturated carbocycles. The maximum Gasteiger partial charge on any atom is 0.224 e. The van der Waals surface area contributed by atoms with Crippen LogP contribution in [0.25, 0.3) is 0 Å². The van der Waals surface area contributed by atoms with Crippen LogP contribution < -0.4 is 10.1 Å². The minimum Gasteiger partial charge on any atom is -0.438 e. The van der Waals surface area contributed by atoms with E-state index in [0.29, 0.717) is 5.88 Å². The Bertz CT molecular complexity index is 587. The van der Waals surface area contributed by atoms with E-state index in [9.17, 15) is 0 Å². The van der Waals surface area contributed by atoms with Crippen molar-refractivity contribution in [3.8, 4) is 11.6 Å². The van der Waals surface area contributed by atoms with Gasteiger partial charge in [0, 0.05) is 18.5 Å². The molecule has 0 aliphatic heterocycles. The van der Waals surface area contributed by atoms with Gasteiger partial charge in [0.15, 0.2) is 0 Å². The molecule has 1 heterocycles. The molecule has 0 aliphatic rings. The van der Waals surface area contributed by atoms with Gasteiger partial charge in [-0.25, -0.2) is 4.98 Å². The van der Waals surface area contributed by atoms with Gasteiger partial charge in [0.1, 0.15) is 17.4 Å². The van der Waals surface area contributed by atoms with Crippen LogP contribution >= 0.6 is 15.9 Å². The Kier molecular flexibility index (Phi) is 4.95. The summed E-state index contributed by atoms with van der Waals surface area (Å²) in [5, 5.41) is 3.20. The number of halogens is 1. The van der Waals surface area contributed by atoms with Crippen molar-refractivity contribution >= 4 is 21.7 Å². The second-order valence-corrected chi connectivity index (χ2v) is 5.52. The van der Waals surface area contributed by atoms with Crippen molar-refractivity contribution in [1.82, 2.24) is 9.97 Å². The molecule has 0 fully saturated rings. The molecular formula is C15H18BrN3O. The molecule has 4 nitrogen and oxygen atoms in total. The Labute approximate surface area is 127 Å². The number of hydrogen-bond donors (Lipinski definition) is 1. The molecule has 0 bridgehead atoms. The van der Waals surface area contributed by atoms with Crippen LogP contribution in [0, 0.1) is 0 Å². The highest BCUT2D eigenvalue weighted by atomic mass is 79.9. The van der Waals surface area contributed by atoms with Gasteiger partial charge in [-0.2, -0.15) is 4.98 Å². The molecule has 0 unspecified atom stereocenters. The molecule has 0 radical (unpaired) electrons. The number of nitrogens with one attached hydrogen (secondary N) is 1. The van der Waals surface area contributed by atoms with Crippen LogP contribution in [-0.4, -0.2) is 16.5 Å². The van der Waals surface area contributed by atoms with E-state index in [1.807, 2.05) is 37.3 Å². The molecule has 1 N–H and O–H groups in total. The van der Waals surface area contributed by atoms with Crippen LogP contribution in [-0.2, 0) is 0 Å². The van der Waals surface area contributed by atoms with Gasteiger partial charge in [0.05, 0.1) is 4.47 Å². The lowest BCUT2D eigenvalue weighted by Gasteiger charge is -2.12. The molecule has 2 aromatic rings. The lowest BCUT2D eigenvalue weighted by atomic mass is 10.2. The van der Waals surface area contributed by atoms with Crippen molar-refractivity contribution in [2.24, 2.45) is 0 Å². The van der Waals surface area contributed by atoms with Gasteiger partial charge in [-0.3, -0.25) is 0 Å². The average Bonchev–Trinajstić information content (AvgIpc) is 2.41. The summed E-state index contributed by atoms with van der Waals surface area (Å²) in [6.45, 7) is 6.97. The van der Waals surface area contributed by atoms with Crippen molar-refractivity contribution in [1.29, 1.82) is 0 Å². The topological polar surface area (TPSA) is 47.0 Å². The molecule has 106 valence electrons. The average molecular weight is 336 g/mol. The molecule has 2 rings (SSSR count). The zero-order chi connectivity index (χ0) is 14.5. The van der Waals surface area contributed by atoms with Crippen molar-refractivity contribution < 1.29 is 4.74 Å². The van der Waals surface area contributed by atoms with E-state index in [2.05, 4.69) is 45.1 Å². The number of benzene rings is 1. The van der Waals surface area contributed by atoms with E-state index in [1.165, 1.54) is 0 Å². The van der Waals surface area contributed by atoms with Gasteiger partial charge in [-0.15, -0.1) is 0 Å². The number of aromatic nitrogens is 2. The van der Waals surface area contributed by atoms with E-state index < -0.39 is 0 Å². The SMILES string of the molecule is CCNc1cc(Oc2ccccc2Br)nc(C(C)C)n1. The van der Waals surface area contributed by atoms with Crippen molar-refractivity contribution in [3.05, 3.63) is 40.6 Å². The van der Waals surface area contributed by atoms with Gasteiger partial charge in [-0.1, -0.05) is 26.0 Å². The molecule has 1 aromatic heterocycles. The summed E-state index contributed by atoms with van der Waals surface area (Å²) < 4.78 is 6.75. The maximum atomic E-state index is 5.85. The minimum atomic E-state index is 0.246. The number of para-hydroxylation sites is 1. The van der Waals surface area contributed by atoms with Crippen molar-refractivity contribution in [2.75, 3.05) is 11.9 Å². The molecule has 1 aromatic carbocycles. The lowest BCUT2D eigenvalue weighted by molar-refractivity contribution is 0.454. The third kappa shape index (κ3) is 3.70. The number of nitrogens with zero attached hydrogens (tertiary/aromatic N) is 2. The van der Waals surface area contributed by atoms with Gasteiger partial charge >= 0.3 is 0 Å². The van der Waals surface area contributed by atoms with Crippen LogP contribution in [0.3, 0.4) is 0 Å². The molecular weight excluding hydrogens is 318 g/mol. The molecule has 0 aliphatic carbocycles. The molecule has 0 amide bonds. The second kappa shape index (κ2) is 6.70. The number of hydrogen-bond acceptors (Lipinski definition) is 4. The third-order valence-corrected chi connectivity index (χ3v) is 3.30. The van der Waals surface area contributed by atoms with E-state index in [-0.39, 0.29) is 5.92 Å².